The number of benzene rings is 2. The number of hydrogen-bond donors (Lipinski definition) is 2. The lowest BCUT2D eigenvalue weighted by atomic mass is 9.93. The van der Waals surface area contributed by atoms with Gasteiger partial charge in [-0.05, 0) is 49.1 Å². The SMILES string of the molecule is CCC(CC=O)c1ccc(N2CCOCC2)c(NC(=O)Nc2ccc(C)cc2)c1. The monoisotopic (exact) mass is 395 g/mol. The normalized spacial score (nSPS) is 14.9. The van der Waals surface area contributed by atoms with Crippen LogP contribution in [0.25, 0.3) is 0 Å². The Morgan fingerprint density at radius 1 is 1.14 bits per heavy atom. The van der Waals surface area contributed by atoms with Gasteiger partial charge < -0.3 is 25.1 Å². The summed E-state index contributed by atoms with van der Waals surface area (Å²) in [6, 6.07) is 13.5. The lowest BCUT2D eigenvalue weighted by Crippen LogP contribution is -2.37. The fourth-order valence-electron chi connectivity index (χ4n) is 3.56. The van der Waals surface area contributed by atoms with E-state index in [9.17, 15) is 9.59 Å². The number of urea groups is 1. The predicted octanol–water partition coefficient (Wildman–Crippen LogP) is 4.56. The minimum atomic E-state index is -0.288. The van der Waals surface area contributed by atoms with Crippen LogP contribution in [0.15, 0.2) is 42.5 Å². The highest BCUT2D eigenvalue weighted by molar-refractivity contribution is 6.02. The van der Waals surface area contributed by atoms with Crippen LogP contribution in [0.2, 0.25) is 0 Å². The second-order valence-corrected chi connectivity index (χ2v) is 7.33. The highest BCUT2D eigenvalue weighted by atomic mass is 16.5. The van der Waals surface area contributed by atoms with E-state index in [0.717, 1.165) is 54.0 Å². The molecule has 2 amide bonds. The summed E-state index contributed by atoms with van der Waals surface area (Å²) in [7, 11) is 0. The Balaban J connectivity index is 1.84. The molecule has 0 saturated carbocycles. The summed E-state index contributed by atoms with van der Waals surface area (Å²) < 4.78 is 5.46. The predicted molar refractivity (Wildman–Crippen MR) is 117 cm³/mol. The summed E-state index contributed by atoms with van der Waals surface area (Å²) in [5.74, 6) is 0.145. The Bertz CT molecular complexity index is 830. The van der Waals surface area contributed by atoms with Gasteiger partial charge in [0.2, 0.25) is 0 Å². The second-order valence-electron chi connectivity index (χ2n) is 7.33. The molecule has 0 aliphatic carbocycles. The molecule has 0 radical (unpaired) electrons. The summed E-state index contributed by atoms with van der Waals surface area (Å²) >= 11 is 0. The zero-order valence-corrected chi connectivity index (χ0v) is 17.1. The minimum Gasteiger partial charge on any atom is -0.378 e. The van der Waals surface area contributed by atoms with Crippen molar-refractivity contribution in [3.63, 3.8) is 0 Å². The molecule has 1 aliphatic heterocycles. The first-order chi connectivity index (χ1) is 14.1. The van der Waals surface area contributed by atoms with Gasteiger partial charge in [-0.1, -0.05) is 30.7 Å². The van der Waals surface area contributed by atoms with Gasteiger partial charge >= 0.3 is 6.03 Å². The van der Waals surface area contributed by atoms with Crippen LogP contribution >= 0.6 is 0 Å². The molecule has 6 nitrogen and oxygen atoms in total. The number of nitrogens with one attached hydrogen (secondary N) is 2. The van der Waals surface area contributed by atoms with Crippen molar-refractivity contribution in [1.29, 1.82) is 0 Å². The van der Waals surface area contributed by atoms with E-state index in [2.05, 4.69) is 28.5 Å². The lowest BCUT2D eigenvalue weighted by molar-refractivity contribution is -0.108. The summed E-state index contributed by atoms with van der Waals surface area (Å²) in [5.41, 5.74) is 4.65. The molecule has 1 aliphatic rings. The average molecular weight is 396 g/mol. The van der Waals surface area contributed by atoms with Gasteiger partial charge in [0, 0.05) is 25.2 Å². The number of hydrogen-bond acceptors (Lipinski definition) is 4. The van der Waals surface area contributed by atoms with Crippen LogP contribution in [0.3, 0.4) is 0 Å². The third-order valence-corrected chi connectivity index (χ3v) is 5.27. The van der Waals surface area contributed by atoms with E-state index in [-0.39, 0.29) is 11.9 Å². The van der Waals surface area contributed by atoms with Gasteiger partial charge in [-0.15, -0.1) is 0 Å². The summed E-state index contributed by atoms with van der Waals surface area (Å²) in [4.78, 5) is 25.9. The van der Waals surface area contributed by atoms with Gasteiger partial charge in [0.1, 0.15) is 6.29 Å². The van der Waals surface area contributed by atoms with Crippen molar-refractivity contribution in [2.24, 2.45) is 0 Å². The number of morpholine rings is 1. The number of carbonyl (C=O) groups is 2. The highest BCUT2D eigenvalue weighted by Gasteiger charge is 2.19. The standard InChI is InChI=1S/C23H29N3O3/c1-3-18(10-13-27)19-6-9-22(26-11-14-29-15-12-26)21(16-19)25-23(28)24-20-7-4-17(2)5-8-20/h4-9,13,16,18H,3,10-12,14-15H2,1-2H3,(H2,24,25,28). The number of amides is 2. The molecule has 2 aromatic carbocycles. The Hall–Kier alpha value is -2.86. The van der Waals surface area contributed by atoms with E-state index in [1.165, 1.54) is 0 Å². The van der Waals surface area contributed by atoms with Crippen molar-refractivity contribution < 1.29 is 14.3 Å². The Morgan fingerprint density at radius 3 is 2.52 bits per heavy atom. The molecule has 0 aromatic heterocycles. The van der Waals surface area contributed by atoms with Gasteiger partial charge in [0.15, 0.2) is 0 Å². The molecule has 2 N–H and O–H groups in total. The summed E-state index contributed by atoms with van der Waals surface area (Å²) in [6.45, 7) is 6.96. The van der Waals surface area contributed by atoms with Crippen LogP contribution < -0.4 is 15.5 Å². The average Bonchev–Trinajstić information content (AvgIpc) is 2.74. The molecule has 2 aromatic rings. The Morgan fingerprint density at radius 2 is 1.86 bits per heavy atom. The molecule has 0 spiro atoms. The third-order valence-electron chi connectivity index (χ3n) is 5.27. The smallest absolute Gasteiger partial charge is 0.323 e. The van der Waals surface area contributed by atoms with Crippen LogP contribution in [-0.4, -0.2) is 38.6 Å². The fourth-order valence-corrected chi connectivity index (χ4v) is 3.56. The maximum atomic E-state index is 12.7. The Kier molecular flexibility index (Phi) is 7.25. The van der Waals surface area contributed by atoms with Crippen molar-refractivity contribution in [3.05, 3.63) is 53.6 Å². The van der Waals surface area contributed by atoms with Gasteiger partial charge in [-0.25, -0.2) is 4.79 Å². The molecule has 1 unspecified atom stereocenters. The highest BCUT2D eigenvalue weighted by Crippen LogP contribution is 2.33. The molecule has 0 bridgehead atoms. The van der Waals surface area contributed by atoms with Crippen molar-refractivity contribution in [3.8, 4) is 0 Å². The molecule has 6 heteroatoms. The van der Waals surface area contributed by atoms with Gasteiger partial charge in [0.25, 0.3) is 0 Å². The number of ether oxygens (including phenoxy) is 1. The molecule has 154 valence electrons. The molecule has 1 atom stereocenters. The van der Waals surface area contributed by atoms with Crippen molar-refractivity contribution >= 4 is 29.4 Å². The number of aldehydes is 1. The molecule has 1 saturated heterocycles. The number of rotatable bonds is 7. The van der Waals surface area contributed by atoms with Crippen LogP contribution in [0.5, 0.6) is 0 Å². The van der Waals surface area contributed by atoms with Crippen molar-refractivity contribution in [1.82, 2.24) is 0 Å². The molecular formula is C23H29N3O3. The largest absolute Gasteiger partial charge is 0.378 e. The van der Waals surface area contributed by atoms with E-state index < -0.39 is 0 Å². The molecule has 1 fully saturated rings. The van der Waals surface area contributed by atoms with E-state index in [1.807, 2.05) is 43.3 Å². The van der Waals surface area contributed by atoms with Crippen LogP contribution in [-0.2, 0) is 9.53 Å². The van der Waals surface area contributed by atoms with Gasteiger partial charge in [-0.2, -0.15) is 0 Å². The first kappa shape index (κ1) is 20.9. The number of anilines is 3. The zero-order chi connectivity index (χ0) is 20.6. The van der Waals surface area contributed by atoms with Crippen LogP contribution in [0.1, 0.15) is 36.8 Å². The van der Waals surface area contributed by atoms with E-state index in [4.69, 9.17) is 4.74 Å². The maximum Gasteiger partial charge on any atom is 0.323 e. The third kappa shape index (κ3) is 5.57. The molecule has 29 heavy (non-hydrogen) atoms. The summed E-state index contributed by atoms with van der Waals surface area (Å²) in [5, 5.41) is 5.90. The maximum absolute atomic E-state index is 12.7. The minimum absolute atomic E-state index is 0.145. The van der Waals surface area contributed by atoms with E-state index >= 15 is 0 Å². The number of carbonyl (C=O) groups excluding carboxylic acids is 2. The molecular weight excluding hydrogens is 366 g/mol. The van der Waals surface area contributed by atoms with Crippen LogP contribution in [0.4, 0.5) is 21.9 Å². The number of aryl methyl sites for hydroxylation is 1. The first-order valence-corrected chi connectivity index (χ1v) is 10.2. The first-order valence-electron chi connectivity index (χ1n) is 10.2. The van der Waals surface area contributed by atoms with Gasteiger partial charge in [0.05, 0.1) is 24.6 Å². The van der Waals surface area contributed by atoms with Crippen LogP contribution in [0, 0.1) is 6.92 Å². The Labute approximate surface area is 172 Å². The topological polar surface area (TPSA) is 70.7 Å². The fraction of sp³-hybridized carbons (Fsp3) is 0.391. The number of nitrogens with zero attached hydrogens (tertiary/aromatic N) is 1. The zero-order valence-electron chi connectivity index (χ0n) is 17.1. The van der Waals surface area contributed by atoms with E-state index in [1.54, 1.807) is 0 Å². The van der Waals surface area contributed by atoms with E-state index in [0.29, 0.717) is 19.6 Å². The van der Waals surface area contributed by atoms with Crippen molar-refractivity contribution in [2.75, 3.05) is 41.8 Å². The van der Waals surface area contributed by atoms with Gasteiger partial charge in [-0.3, -0.25) is 0 Å². The molecule has 1 heterocycles. The molecule has 3 rings (SSSR count). The second kappa shape index (κ2) is 10.1. The lowest BCUT2D eigenvalue weighted by Gasteiger charge is -2.31. The van der Waals surface area contributed by atoms with Crippen molar-refractivity contribution in [2.45, 2.75) is 32.6 Å². The quantitative estimate of drug-likeness (QED) is 0.675. The summed E-state index contributed by atoms with van der Waals surface area (Å²) in [6.07, 6.45) is 2.30.